The van der Waals surface area contributed by atoms with Gasteiger partial charge in [0.05, 0.1) is 18.1 Å². The molecule has 1 aromatic carbocycles. The molecule has 0 radical (unpaired) electrons. The molecule has 1 aliphatic heterocycles. The maximum atomic E-state index is 13.1. The van der Waals surface area contributed by atoms with Crippen LogP contribution in [0, 0.1) is 27.7 Å². The fourth-order valence-electron chi connectivity index (χ4n) is 3.77. The molecule has 0 N–H and O–H groups in total. The molecular weight excluding hydrogens is 394 g/mol. The molecule has 2 aromatic rings. The summed E-state index contributed by atoms with van der Waals surface area (Å²) in [6, 6.07) is 5.79. The number of hydrogen-bond acceptors (Lipinski definition) is 5. The zero-order chi connectivity index (χ0) is 20.5. The van der Waals surface area contributed by atoms with Gasteiger partial charge in [-0.05, 0) is 62.3 Å². The molecule has 1 aliphatic rings. The number of thiophene rings is 1. The molecule has 0 spiro atoms. The van der Waals surface area contributed by atoms with Crippen LogP contribution in [0.4, 0.5) is 0 Å². The van der Waals surface area contributed by atoms with E-state index in [1.807, 2.05) is 51.3 Å². The molecule has 1 fully saturated rings. The number of nitrogens with zero attached hydrogens (tertiary/aromatic N) is 1. The highest BCUT2D eigenvalue weighted by Crippen LogP contribution is 2.26. The van der Waals surface area contributed by atoms with Crippen molar-refractivity contribution >= 4 is 27.1 Å². The van der Waals surface area contributed by atoms with E-state index in [0.29, 0.717) is 13.0 Å². The molecule has 0 saturated carbocycles. The van der Waals surface area contributed by atoms with Gasteiger partial charge in [0.15, 0.2) is 16.4 Å². The topological polar surface area (TPSA) is 63.7 Å². The van der Waals surface area contributed by atoms with E-state index in [0.717, 1.165) is 32.9 Å². The van der Waals surface area contributed by atoms with Crippen molar-refractivity contribution in [2.24, 2.45) is 0 Å². The second-order valence-electron chi connectivity index (χ2n) is 7.62. The lowest BCUT2D eigenvalue weighted by atomic mass is 10.1. The minimum Gasteiger partial charge on any atom is -0.483 e. The standard InChI is InChI=1S/C21H27NO4S2/c1-14-9-16(3)21(17(4)10-14)26-12-20(23)22(11-19-15(2)5-7-27-19)18-6-8-28(24,25)13-18/h5,7,9-10,18H,6,8,11-13H2,1-4H3. The summed E-state index contributed by atoms with van der Waals surface area (Å²) in [6.45, 7) is 8.31. The normalized spacial score (nSPS) is 18.2. The Hall–Kier alpha value is -1.86. The van der Waals surface area contributed by atoms with Crippen LogP contribution < -0.4 is 4.74 Å². The van der Waals surface area contributed by atoms with E-state index in [1.54, 1.807) is 16.2 Å². The number of rotatable bonds is 6. The average molecular weight is 422 g/mol. The maximum absolute atomic E-state index is 13.1. The van der Waals surface area contributed by atoms with Gasteiger partial charge in [-0.2, -0.15) is 0 Å². The Balaban J connectivity index is 1.78. The van der Waals surface area contributed by atoms with Crippen molar-refractivity contribution in [2.45, 2.75) is 46.7 Å². The van der Waals surface area contributed by atoms with E-state index in [-0.39, 0.29) is 30.1 Å². The lowest BCUT2D eigenvalue weighted by Crippen LogP contribution is -2.43. The van der Waals surface area contributed by atoms with Crippen LogP contribution in [-0.4, -0.2) is 43.4 Å². The zero-order valence-electron chi connectivity index (χ0n) is 16.8. The van der Waals surface area contributed by atoms with Crippen molar-refractivity contribution in [3.8, 4) is 5.75 Å². The molecule has 0 bridgehead atoms. The van der Waals surface area contributed by atoms with Gasteiger partial charge in [-0.3, -0.25) is 4.79 Å². The summed E-state index contributed by atoms with van der Waals surface area (Å²) in [7, 11) is -3.08. The molecule has 7 heteroatoms. The van der Waals surface area contributed by atoms with Crippen LogP contribution in [-0.2, 0) is 21.2 Å². The van der Waals surface area contributed by atoms with Gasteiger partial charge in [0, 0.05) is 10.9 Å². The Labute approximate surface area is 171 Å². The van der Waals surface area contributed by atoms with Gasteiger partial charge in [-0.15, -0.1) is 11.3 Å². The number of benzene rings is 1. The minimum atomic E-state index is -3.08. The molecule has 3 rings (SSSR count). The molecule has 152 valence electrons. The van der Waals surface area contributed by atoms with E-state index in [2.05, 4.69) is 0 Å². The van der Waals surface area contributed by atoms with Gasteiger partial charge in [0.1, 0.15) is 5.75 Å². The largest absolute Gasteiger partial charge is 0.483 e. The molecule has 1 amide bonds. The third-order valence-electron chi connectivity index (χ3n) is 5.20. The van der Waals surface area contributed by atoms with Crippen LogP contribution in [0.15, 0.2) is 23.6 Å². The Morgan fingerprint density at radius 3 is 2.39 bits per heavy atom. The van der Waals surface area contributed by atoms with Crippen molar-refractivity contribution in [3.63, 3.8) is 0 Å². The molecule has 28 heavy (non-hydrogen) atoms. The Kier molecular flexibility index (Phi) is 6.15. The molecule has 2 heterocycles. The summed E-state index contributed by atoms with van der Waals surface area (Å²) in [5, 5.41) is 1.99. The molecule has 5 nitrogen and oxygen atoms in total. The number of aryl methyl sites for hydroxylation is 4. The highest BCUT2D eigenvalue weighted by Gasteiger charge is 2.35. The second kappa shape index (κ2) is 8.25. The van der Waals surface area contributed by atoms with Crippen molar-refractivity contribution in [2.75, 3.05) is 18.1 Å². The van der Waals surface area contributed by atoms with Gasteiger partial charge in [-0.25, -0.2) is 8.42 Å². The Morgan fingerprint density at radius 1 is 1.18 bits per heavy atom. The number of carbonyl (C=O) groups excluding carboxylic acids is 1. The van der Waals surface area contributed by atoms with E-state index >= 15 is 0 Å². The maximum Gasteiger partial charge on any atom is 0.261 e. The molecule has 1 saturated heterocycles. The predicted octanol–water partition coefficient (Wildman–Crippen LogP) is 3.58. The van der Waals surface area contributed by atoms with Crippen LogP contribution in [0.5, 0.6) is 5.75 Å². The van der Waals surface area contributed by atoms with Crippen LogP contribution in [0.1, 0.15) is 33.6 Å². The quantitative estimate of drug-likeness (QED) is 0.715. The third-order valence-corrected chi connectivity index (χ3v) is 7.95. The van der Waals surface area contributed by atoms with Crippen LogP contribution in [0.3, 0.4) is 0 Å². The fourth-order valence-corrected chi connectivity index (χ4v) is 6.41. The zero-order valence-corrected chi connectivity index (χ0v) is 18.5. The highest BCUT2D eigenvalue weighted by atomic mass is 32.2. The monoisotopic (exact) mass is 421 g/mol. The van der Waals surface area contributed by atoms with Crippen molar-refractivity contribution in [3.05, 3.63) is 50.7 Å². The number of amides is 1. The summed E-state index contributed by atoms with van der Waals surface area (Å²) in [6.07, 6.45) is 0.487. The first-order chi connectivity index (χ1) is 13.2. The van der Waals surface area contributed by atoms with Gasteiger partial charge in [0.25, 0.3) is 5.91 Å². The van der Waals surface area contributed by atoms with E-state index in [1.165, 1.54) is 0 Å². The number of hydrogen-bond donors (Lipinski definition) is 0. The van der Waals surface area contributed by atoms with Crippen molar-refractivity contribution < 1.29 is 17.9 Å². The smallest absolute Gasteiger partial charge is 0.261 e. The predicted molar refractivity (Wildman–Crippen MR) is 113 cm³/mol. The fraction of sp³-hybridized carbons (Fsp3) is 0.476. The first-order valence-electron chi connectivity index (χ1n) is 9.40. The van der Waals surface area contributed by atoms with Crippen molar-refractivity contribution in [1.29, 1.82) is 0 Å². The summed E-state index contributed by atoms with van der Waals surface area (Å²) in [5.74, 6) is 0.729. The highest BCUT2D eigenvalue weighted by molar-refractivity contribution is 7.91. The van der Waals surface area contributed by atoms with Crippen molar-refractivity contribution in [1.82, 2.24) is 4.90 Å². The minimum absolute atomic E-state index is 0.0335. The Bertz CT molecular complexity index is 955. The van der Waals surface area contributed by atoms with Gasteiger partial charge >= 0.3 is 0 Å². The van der Waals surface area contributed by atoms with E-state index < -0.39 is 9.84 Å². The van der Waals surface area contributed by atoms with Crippen LogP contribution in [0.25, 0.3) is 0 Å². The first-order valence-corrected chi connectivity index (χ1v) is 12.1. The van der Waals surface area contributed by atoms with Gasteiger partial charge < -0.3 is 9.64 Å². The van der Waals surface area contributed by atoms with Gasteiger partial charge in [0.2, 0.25) is 0 Å². The number of carbonyl (C=O) groups is 1. The summed E-state index contributed by atoms with van der Waals surface area (Å²) in [5.41, 5.74) is 4.26. The summed E-state index contributed by atoms with van der Waals surface area (Å²) in [4.78, 5) is 15.8. The Morgan fingerprint density at radius 2 is 1.86 bits per heavy atom. The second-order valence-corrected chi connectivity index (χ2v) is 10.9. The van der Waals surface area contributed by atoms with E-state index in [4.69, 9.17) is 4.74 Å². The van der Waals surface area contributed by atoms with E-state index in [9.17, 15) is 13.2 Å². The molecule has 0 aliphatic carbocycles. The van der Waals surface area contributed by atoms with Crippen LogP contribution >= 0.6 is 11.3 Å². The molecule has 1 atom stereocenters. The SMILES string of the molecule is Cc1cc(C)c(OCC(=O)N(Cc2sccc2C)C2CCS(=O)(=O)C2)c(C)c1. The molecular formula is C21H27NO4S2. The van der Waals surface area contributed by atoms with Gasteiger partial charge in [-0.1, -0.05) is 17.7 Å². The summed E-state index contributed by atoms with van der Waals surface area (Å²) >= 11 is 1.59. The molecule has 1 aromatic heterocycles. The number of ether oxygens (including phenoxy) is 1. The summed E-state index contributed by atoms with van der Waals surface area (Å²) < 4.78 is 29.8. The lowest BCUT2D eigenvalue weighted by Gasteiger charge is -2.28. The lowest BCUT2D eigenvalue weighted by molar-refractivity contribution is -0.135. The third kappa shape index (κ3) is 4.75. The number of sulfone groups is 1. The van der Waals surface area contributed by atoms with Crippen LogP contribution in [0.2, 0.25) is 0 Å². The average Bonchev–Trinajstić information content (AvgIpc) is 3.16. The first kappa shape index (κ1) is 20.9. The molecule has 1 unspecified atom stereocenters.